The Balaban J connectivity index is 3.04. The lowest BCUT2D eigenvalue weighted by Gasteiger charge is -2.15. The smallest absolute Gasteiger partial charge is 0.332 e. The van der Waals surface area contributed by atoms with Crippen LogP contribution in [0.15, 0.2) is 9.59 Å². The first kappa shape index (κ1) is 16.5. The lowest BCUT2D eigenvalue weighted by atomic mass is 10.3. The topological polar surface area (TPSA) is 99.1 Å². The maximum atomic E-state index is 12.0. The summed E-state index contributed by atoms with van der Waals surface area (Å²) in [6, 6.07) is 0. The summed E-state index contributed by atoms with van der Waals surface area (Å²) in [7, 11) is 0.574. The van der Waals surface area contributed by atoms with Gasteiger partial charge in [-0.1, -0.05) is 6.92 Å². The molecule has 1 unspecified atom stereocenters. The predicted molar refractivity (Wildman–Crippen MR) is 82.7 cm³/mol. The van der Waals surface area contributed by atoms with E-state index in [1.54, 1.807) is 6.26 Å². The Labute approximate surface area is 120 Å². The van der Waals surface area contributed by atoms with Crippen molar-refractivity contribution in [2.75, 3.05) is 29.6 Å². The number of anilines is 2. The van der Waals surface area contributed by atoms with E-state index in [4.69, 9.17) is 5.73 Å². The molecule has 0 fully saturated rings. The van der Waals surface area contributed by atoms with Crippen molar-refractivity contribution in [2.24, 2.45) is 7.05 Å². The van der Waals surface area contributed by atoms with Crippen molar-refractivity contribution < 1.29 is 4.21 Å². The third-order valence-corrected chi connectivity index (χ3v) is 3.80. The van der Waals surface area contributed by atoms with Gasteiger partial charge < -0.3 is 11.1 Å². The first-order chi connectivity index (χ1) is 9.40. The molecule has 0 saturated heterocycles. The van der Waals surface area contributed by atoms with E-state index in [1.807, 2.05) is 6.92 Å². The van der Waals surface area contributed by atoms with Crippen LogP contribution in [-0.4, -0.2) is 31.9 Å². The Bertz CT molecular complexity index is 606. The van der Waals surface area contributed by atoms with Gasteiger partial charge in [0.2, 0.25) is 0 Å². The highest BCUT2D eigenvalue weighted by Gasteiger charge is 2.14. The Hall–Kier alpha value is -1.57. The van der Waals surface area contributed by atoms with E-state index in [-0.39, 0.29) is 11.5 Å². The van der Waals surface area contributed by atoms with Gasteiger partial charge in [-0.15, -0.1) is 0 Å². The third-order valence-electron chi connectivity index (χ3n) is 2.94. The quantitative estimate of drug-likeness (QED) is 0.675. The lowest BCUT2D eigenvalue weighted by Crippen LogP contribution is -2.40. The first-order valence-electron chi connectivity index (χ1n) is 6.53. The summed E-state index contributed by atoms with van der Waals surface area (Å²) in [4.78, 5) is 24.0. The number of nitrogen functional groups attached to an aromatic ring is 1. The summed E-state index contributed by atoms with van der Waals surface area (Å²) in [5, 5.41) is 2.95. The van der Waals surface area contributed by atoms with Gasteiger partial charge in [0.1, 0.15) is 11.5 Å². The minimum Gasteiger partial charge on any atom is -0.383 e. The zero-order valence-corrected chi connectivity index (χ0v) is 13.0. The van der Waals surface area contributed by atoms with Crippen LogP contribution in [0.2, 0.25) is 0 Å². The highest BCUT2D eigenvalue weighted by Crippen LogP contribution is 2.10. The predicted octanol–water partition coefficient (Wildman–Crippen LogP) is -0.280. The number of hydrogen-bond acceptors (Lipinski definition) is 5. The van der Waals surface area contributed by atoms with Crippen LogP contribution in [0.5, 0.6) is 0 Å². The normalized spacial score (nSPS) is 12.3. The monoisotopic (exact) mass is 302 g/mol. The number of nitrogens with two attached hydrogens (primary N) is 1. The van der Waals surface area contributed by atoms with E-state index in [0.29, 0.717) is 25.3 Å². The van der Waals surface area contributed by atoms with Gasteiger partial charge in [0.15, 0.2) is 0 Å². The molecule has 0 saturated carbocycles. The highest BCUT2D eigenvalue weighted by atomic mass is 32.2. The van der Waals surface area contributed by atoms with Crippen LogP contribution in [0, 0.1) is 0 Å². The third kappa shape index (κ3) is 3.72. The average molecular weight is 302 g/mol. The molecule has 0 aliphatic heterocycles. The Morgan fingerprint density at radius 2 is 2.00 bits per heavy atom. The summed E-state index contributed by atoms with van der Waals surface area (Å²) < 4.78 is 13.4. The second kappa shape index (κ2) is 7.28. The Morgan fingerprint density at radius 3 is 2.55 bits per heavy atom. The highest BCUT2D eigenvalue weighted by molar-refractivity contribution is 7.84. The molecule has 1 aromatic rings. The summed E-state index contributed by atoms with van der Waals surface area (Å²) in [6.45, 7) is 2.89. The second-order valence-corrected chi connectivity index (χ2v) is 6.17. The first-order valence-corrected chi connectivity index (χ1v) is 8.26. The molecule has 0 aliphatic carbocycles. The molecule has 114 valence electrons. The molecule has 1 heterocycles. The zero-order chi connectivity index (χ0) is 15.3. The number of nitrogens with one attached hydrogen (secondary N) is 1. The zero-order valence-electron chi connectivity index (χ0n) is 12.1. The number of nitrogens with zero attached hydrogens (tertiary/aromatic N) is 2. The number of aromatic nitrogens is 2. The van der Waals surface area contributed by atoms with Crippen molar-refractivity contribution >= 4 is 22.3 Å². The molecule has 20 heavy (non-hydrogen) atoms. The fourth-order valence-electron chi connectivity index (χ4n) is 1.88. The Kier molecular flexibility index (Phi) is 6.00. The standard InChI is InChI=1S/C12H22N4O3S/c1-4-7-16-10(13)9(11(17)15(2)12(16)18)14-6-5-8-20(3)19/h14H,4-8,13H2,1-3H3. The fraction of sp³-hybridized carbons (Fsp3) is 0.667. The summed E-state index contributed by atoms with van der Waals surface area (Å²) >= 11 is 0. The van der Waals surface area contributed by atoms with E-state index in [0.717, 1.165) is 11.0 Å². The molecule has 1 aromatic heterocycles. The molecule has 0 spiro atoms. The molecule has 0 bridgehead atoms. The van der Waals surface area contributed by atoms with E-state index < -0.39 is 22.0 Å². The van der Waals surface area contributed by atoms with Crippen molar-refractivity contribution in [3.63, 3.8) is 0 Å². The van der Waals surface area contributed by atoms with Gasteiger partial charge in [-0.25, -0.2) is 4.79 Å². The molecule has 7 nitrogen and oxygen atoms in total. The van der Waals surface area contributed by atoms with Crippen LogP contribution in [-0.2, 0) is 24.4 Å². The molecule has 8 heteroatoms. The van der Waals surface area contributed by atoms with E-state index in [1.165, 1.54) is 11.6 Å². The van der Waals surface area contributed by atoms with Gasteiger partial charge in [-0.3, -0.25) is 18.1 Å². The molecular formula is C12H22N4O3S. The van der Waals surface area contributed by atoms with Crippen molar-refractivity contribution in [3.8, 4) is 0 Å². The molecule has 0 amide bonds. The fourth-order valence-corrected chi connectivity index (χ4v) is 2.43. The molecule has 0 aliphatic rings. The molecule has 0 radical (unpaired) electrons. The summed E-state index contributed by atoms with van der Waals surface area (Å²) in [5.74, 6) is 0.722. The minimum atomic E-state index is -0.859. The van der Waals surface area contributed by atoms with Gasteiger partial charge in [-0.2, -0.15) is 0 Å². The molecule has 1 rings (SSSR count). The second-order valence-electron chi connectivity index (χ2n) is 4.62. The van der Waals surface area contributed by atoms with E-state index >= 15 is 0 Å². The van der Waals surface area contributed by atoms with Gasteiger partial charge in [0.25, 0.3) is 5.56 Å². The van der Waals surface area contributed by atoms with Crippen LogP contribution in [0.25, 0.3) is 0 Å². The molecule has 1 atom stereocenters. The summed E-state index contributed by atoms with van der Waals surface area (Å²) in [6.07, 6.45) is 3.05. The van der Waals surface area contributed by atoms with E-state index in [2.05, 4.69) is 5.32 Å². The van der Waals surface area contributed by atoms with Gasteiger partial charge in [0.05, 0.1) is 0 Å². The van der Waals surface area contributed by atoms with E-state index in [9.17, 15) is 13.8 Å². The SMILES string of the molecule is CCCn1c(N)c(NCCCS(C)=O)c(=O)n(C)c1=O. The van der Waals surface area contributed by atoms with Crippen molar-refractivity contribution in [1.29, 1.82) is 0 Å². The van der Waals surface area contributed by atoms with Crippen molar-refractivity contribution in [2.45, 2.75) is 26.3 Å². The number of rotatable bonds is 7. The maximum Gasteiger partial charge on any atom is 0.332 e. The van der Waals surface area contributed by atoms with Crippen LogP contribution in [0.3, 0.4) is 0 Å². The Morgan fingerprint density at radius 1 is 1.35 bits per heavy atom. The van der Waals surface area contributed by atoms with Crippen LogP contribution in [0.4, 0.5) is 11.5 Å². The van der Waals surface area contributed by atoms with Crippen LogP contribution >= 0.6 is 0 Å². The van der Waals surface area contributed by atoms with Crippen molar-refractivity contribution in [3.05, 3.63) is 20.8 Å². The molecule has 0 aromatic carbocycles. The molecule has 3 N–H and O–H groups in total. The van der Waals surface area contributed by atoms with Gasteiger partial charge in [0, 0.05) is 42.9 Å². The van der Waals surface area contributed by atoms with Gasteiger partial charge >= 0.3 is 5.69 Å². The van der Waals surface area contributed by atoms with Crippen molar-refractivity contribution in [1.82, 2.24) is 9.13 Å². The lowest BCUT2D eigenvalue weighted by molar-refractivity contribution is 0.600. The summed E-state index contributed by atoms with van der Waals surface area (Å²) in [5.41, 5.74) is 5.31. The number of hydrogen-bond donors (Lipinski definition) is 2. The maximum absolute atomic E-state index is 12.0. The largest absolute Gasteiger partial charge is 0.383 e. The minimum absolute atomic E-state index is 0.164. The van der Waals surface area contributed by atoms with Gasteiger partial charge in [-0.05, 0) is 12.8 Å². The average Bonchev–Trinajstić information content (AvgIpc) is 2.40. The van der Waals surface area contributed by atoms with Crippen LogP contribution in [0.1, 0.15) is 19.8 Å². The van der Waals surface area contributed by atoms with Crippen LogP contribution < -0.4 is 22.3 Å². The molecular weight excluding hydrogens is 280 g/mol.